The zero-order valence-corrected chi connectivity index (χ0v) is 16.1. The topological polar surface area (TPSA) is 188 Å². The van der Waals surface area contributed by atoms with Crippen LogP contribution in [0.2, 0.25) is 0 Å². The van der Waals surface area contributed by atoms with E-state index in [9.17, 15) is 45.6 Å². The normalized spacial score (nSPS) is 30.0. The summed E-state index contributed by atoms with van der Waals surface area (Å²) in [5.41, 5.74) is -0.0123. The molecule has 166 valence electrons. The number of benzene rings is 2. The summed E-state index contributed by atoms with van der Waals surface area (Å²) < 4.78 is 5.69. The average molecular weight is 434 g/mol. The average Bonchev–Trinajstić information content (AvgIpc) is 2.75. The van der Waals surface area contributed by atoms with Crippen LogP contribution in [0.5, 0.6) is 17.2 Å². The van der Waals surface area contributed by atoms with Crippen molar-refractivity contribution in [3.05, 3.63) is 52.1 Å². The highest BCUT2D eigenvalue weighted by atomic mass is 16.5. The lowest BCUT2D eigenvalue weighted by atomic mass is 9.71. The van der Waals surface area contributed by atoms with Gasteiger partial charge in [0.1, 0.15) is 30.2 Å². The minimum absolute atomic E-state index is 0.131. The minimum atomic E-state index is -1.69. The fourth-order valence-corrected chi connectivity index (χ4v) is 4.44. The number of aliphatic hydroxyl groups excluding tert-OH is 5. The number of aliphatic hydroxyl groups is 5. The van der Waals surface area contributed by atoms with Crippen LogP contribution < -0.4 is 0 Å². The second kappa shape index (κ2) is 7.75. The number of hydrogen-bond donors (Lipinski definition) is 8. The molecule has 0 saturated carbocycles. The second-order valence-electron chi connectivity index (χ2n) is 7.74. The molecule has 2 aromatic rings. The smallest absolute Gasteiger partial charge is 0.201 e. The van der Waals surface area contributed by atoms with E-state index in [4.69, 9.17) is 4.74 Å². The van der Waals surface area contributed by atoms with Gasteiger partial charge in [-0.15, -0.1) is 0 Å². The van der Waals surface area contributed by atoms with Gasteiger partial charge in [-0.2, -0.15) is 0 Å². The summed E-state index contributed by atoms with van der Waals surface area (Å²) in [6.45, 7) is -1.14. The summed E-state index contributed by atoms with van der Waals surface area (Å²) in [5, 5.41) is 80.9. The zero-order chi connectivity index (χ0) is 22.6. The van der Waals surface area contributed by atoms with Gasteiger partial charge < -0.3 is 45.6 Å². The van der Waals surface area contributed by atoms with Gasteiger partial charge >= 0.3 is 0 Å². The molecular weight excluding hydrogens is 412 g/mol. The van der Waals surface area contributed by atoms with E-state index >= 15 is 0 Å². The van der Waals surface area contributed by atoms with Crippen LogP contribution in [0.15, 0.2) is 24.3 Å². The summed E-state index contributed by atoms with van der Waals surface area (Å²) in [6, 6.07) is 5.07. The van der Waals surface area contributed by atoms with Gasteiger partial charge in [-0.25, -0.2) is 0 Å². The van der Waals surface area contributed by atoms with Crippen LogP contribution in [0.1, 0.15) is 38.5 Å². The molecule has 0 amide bonds. The van der Waals surface area contributed by atoms with Crippen LogP contribution in [0.4, 0.5) is 0 Å². The van der Waals surface area contributed by atoms with E-state index in [1.807, 2.05) is 0 Å². The van der Waals surface area contributed by atoms with Crippen molar-refractivity contribution in [2.45, 2.75) is 43.0 Å². The number of ether oxygens (including phenoxy) is 1. The lowest BCUT2D eigenvalue weighted by Crippen LogP contribution is -2.60. The van der Waals surface area contributed by atoms with Gasteiger partial charge in [-0.3, -0.25) is 4.79 Å². The van der Waals surface area contributed by atoms with E-state index in [0.717, 1.165) is 6.07 Å². The van der Waals surface area contributed by atoms with Gasteiger partial charge in [0.25, 0.3) is 0 Å². The molecule has 31 heavy (non-hydrogen) atoms. The third-order valence-electron chi connectivity index (χ3n) is 5.96. The molecule has 1 heterocycles. The fraction of sp³-hybridized carbons (Fsp3) is 0.381. The Morgan fingerprint density at radius 2 is 1.55 bits per heavy atom. The van der Waals surface area contributed by atoms with E-state index in [-0.39, 0.29) is 27.8 Å². The molecule has 8 N–H and O–H groups in total. The molecule has 1 aliphatic heterocycles. The SMILES string of the molecule is O=C1c2c(O)cc(CO)cc2[C@H]([C@@H]2O[C@H](CO)[C@@H](O)[C@H](O)[C@H]2O)c2ccc(O)c(O)c21. The van der Waals surface area contributed by atoms with E-state index in [0.29, 0.717) is 0 Å². The van der Waals surface area contributed by atoms with Crippen molar-refractivity contribution < 1.29 is 50.4 Å². The maximum absolute atomic E-state index is 13.1. The van der Waals surface area contributed by atoms with Crippen molar-refractivity contribution in [2.24, 2.45) is 0 Å². The molecule has 0 unspecified atom stereocenters. The molecule has 6 atom stereocenters. The van der Waals surface area contributed by atoms with Crippen molar-refractivity contribution in [3.8, 4) is 17.2 Å². The van der Waals surface area contributed by atoms with Gasteiger partial charge in [-0.1, -0.05) is 12.1 Å². The maximum Gasteiger partial charge on any atom is 0.201 e. The Balaban J connectivity index is 1.98. The molecule has 0 radical (unpaired) electrons. The number of carbonyl (C=O) groups excluding carboxylic acids is 1. The lowest BCUT2D eigenvalue weighted by Gasteiger charge is -2.45. The number of aromatic hydroxyl groups is 3. The Hall–Kier alpha value is -2.73. The number of ketones is 1. The predicted octanol–water partition coefficient (Wildman–Crippen LogP) is -1.19. The molecular formula is C21H22O10. The van der Waals surface area contributed by atoms with Crippen LogP contribution in [-0.2, 0) is 11.3 Å². The highest BCUT2D eigenvalue weighted by Gasteiger charge is 2.50. The Morgan fingerprint density at radius 3 is 2.19 bits per heavy atom. The number of carbonyl (C=O) groups is 1. The van der Waals surface area contributed by atoms with Crippen LogP contribution in [0.25, 0.3) is 0 Å². The summed E-state index contributed by atoms with van der Waals surface area (Å²) >= 11 is 0. The number of phenols is 3. The van der Waals surface area contributed by atoms with Crippen molar-refractivity contribution in [3.63, 3.8) is 0 Å². The highest BCUT2D eigenvalue weighted by Crippen LogP contribution is 2.49. The van der Waals surface area contributed by atoms with Gasteiger partial charge in [0.15, 0.2) is 11.5 Å². The Labute approximate surface area is 175 Å². The summed E-state index contributed by atoms with van der Waals surface area (Å²) in [7, 11) is 0. The first kappa shape index (κ1) is 21.5. The van der Waals surface area contributed by atoms with E-state index in [1.165, 1.54) is 18.2 Å². The molecule has 1 aliphatic carbocycles. The number of fused-ring (bicyclic) bond motifs is 2. The predicted molar refractivity (Wildman–Crippen MR) is 103 cm³/mol. The molecule has 1 fully saturated rings. The summed E-state index contributed by atoms with van der Waals surface area (Å²) in [6.07, 6.45) is -7.52. The van der Waals surface area contributed by atoms with Crippen molar-refractivity contribution >= 4 is 5.78 Å². The quantitative estimate of drug-likeness (QED) is 0.273. The van der Waals surface area contributed by atoms with Crippen LogP contribution in [0, 0.1) is 0 Å². The molecule has 10 nitrogen and oxygen atoms in total. The first-order valence-electron chi connectivity index (χ1n) is 9.57. The highest BCUT2D eigenvalue weighted by molar-refractivity contribution is 6.16. The van der Waals surface area contributed by atoms with E-state index in [1.54, 1.807) is 0 Å². The van der Waals surface area contributed by atoms with Gasteiger partial charge in [0.2, 0.25) is 5.78 Å². The first-order chi connectivity index (χ1) is 14.7. The summed E-state index contributed by atoms with van der Waals surface area (Å²) in [4.78, 5) is 13.1. The van der Waals surface area contributed by atoms with Crippen LogP contribution in [-0.4, -0.2) is 83.8 Å². The monoisotopic (exact) mass is 434 g/mol. The molecule has 0 spiro atoms. The standard InChI is InChI=1S/C21H22O10/c22-5-7-3-9-13(21-20(30)19(29)17(27)12(6-23)31-21)8-1-2-10(24)16(26)15(8)18(28)14(9)11(25)4-7/h1-4,12-13,17,19-27,29-30H,5-6H2/t12-,13-,17-,19+,20-,21+/m1/s1. The molecule has 0 bridgehead atoms. The summed E-state index contributed by atoms with van der Waals surface area (Å²) in [5.74, 6) is -3.66. The number of phenolic OH excluding ortho intramolecular Hbond substituents is 3. The Morgan fingerprint density at radius 1 is 0.839 bits per heavy atom. The molecule has 10 heteroatoms. The van der Waals surface area contributed by atoms with Gasteiger partial charge in [0.05, 0.1) is 30.4 Å². The Bertz CT molecular complexity index is 1030. The molecule has 4 rings (SSSR count). The molecule has 2 aromatic carbocycles. The number of rotatable bonds is 3. The molecule has 0 aromatic heterocycles. The number of hydrogen-bond acceptors (Lipinski definition) is 10. The zero-order valence-electron chi connectivity index (χ0n) is 16.1. The molecule has 2 aliphatic rings. The Kier molecular flexibility index (Phi) is 5.38. The van der Waals surface area contributed by atoms with Crippen LogP contribution in [0.3, 0.4) is 0 Å². The van der Waals surface area contributed by atoms with Crippen molar-refractivity contribution in [1.29, 1.82) is 0 Å². The lowest BCUT2D eigenvalue weighted by molar-refractivity contribution is -0.232. The maximum atomic E-state index is 13.1. The van der Waals surface area contributed by atoms with Crippen molar-refractivity contribution in [1.82, 2.24) is 0 Å². The first-order valence-corrected chi connectivity index (χ1v) is 9.57. The van der Waals surface area contributed by atoms with Gasteiger partial charge in [0, 0.05) is 5.92 Å². The third-order valence-corrected chi connectivity index (χ3v) is 5.96. The largest absolute Gasteiger partial charge is 0.507 e. The van der Waals surface area contributed by atoms with Crippen molar-refractivity contribution in [2.75, 3.05) is 6.61 Å². The second-order valence-corrected chi connectivity index (χ2v) is 7.74. The fourth-order valence-electron chi connectivity index (χ4n) is 4.44. The molecule has 1 saturated heterocycles. The van der Waals surface area contributed by atoms with E-state index in [2.05, 4.69) is 0 Å². The van der Waals surface area contributed by atoms with E-state index < -0.39 is 72.7 Å². The minimum Gasteiger partial charge on any atom is -0.507 e. The third kappa shape index (κ3) is 3.16. The van der Waals surface area contributed by atoms with Crippen LogP contribution >= 0.6 is 0 Å². The van der Waals surface area contributed by atoms with Gasteiger partial charge in [-0.05, 0) is 28.8 Å².